The molecule has 1 aliphatic rings. The van der Waals surface area contributed by atoms with E-state index in [4.69, 9.17) is 0 Å². The van der Waals surface area contributed by atoms with E-state index in [1.54, 1.807) is 17.7 Å². The number of carbonyl (C=O) groups is 4. The largest absolute Gasteiger partial charge is 0.356 e. The van der Waals surface area contributed by atoms with Gasteiger partial charge in [-0.3, -0.25) is 14.4 Å². The molecule has 0 aliphatic carbocycles. The summed E-state index contributed by atoms with van der Waals surface area (Å²) in [5.74, 6) is -1.22. The summed E-state index contributed by atoms with van der Waals surface area (Å²) in [6.45, 7) is 0.339. The minimum absolute atomic E-state index is 0.0971. The molecule has 1 aromatic heterocycles. The van der Waals surface area contributed by atoms with Crippen molar-refractivity contribution in [3.8, 4) is 0 Å². The van der Waals surface area contributed by atoms with Gasteiger partial charge in [0.15, 0.2) is 0 Å². The number of rotatable bonds is 7. The molecule has 27 heavy (non-hydrogen) atoms. The molecule has 0 radical (unpaired) electrons. The van der Waals surface area contributed by atoms with Crippen LogP contribution >= 0.6 is 0 Å². The molecule has 0 spiro atoms. The Kier molecular flexibility index (Phi) is 5.54. The Labute approximate surface area is 156 Å². The fraction of sp³-hybridized carbons (Fsp3) is 0.368. The van der Waals surface area contributed by atoms with Crippen LogP contribution in [0.4, 0.5) is 0 Å². The molecular formula is C19H22N4O4. The number of hydrogen-bond donors (Lipinski definition) is 3. The zero-order valence-corrected chi connectivity index (χ0v) is 15.0. The Morgan fingerprint density at radius 2 is 2.15 bits per heavy atom. The predicted octanol–water partition coefficient (Wildman–Crippen LogP) is 0.118. The summed E-state index contributed by atoms with van der Waals surface area (Å²) in [5, 5.41) is 8.75. The number of amides is 3. The lowest BCUT2D eigenvalue weighted by Gasteiger charge is -2.15. The molecule has 8 heteroatoms. The van der Waals surface area contributed by atoms with Gasteiger partial charge in [0.1, 0.15) is 12.0 Å². The summed E-state index contributed by atoms with van der Waals surface area (Å²) in [7, 11) is 1.78. The van der Waals surface area contributed by atoms with Crippen LogP contribution in [-0.4, -0.2) is 47.7 Å². The molecule has 3 amide bonds. The lowest BCUT2D eigenvalue weighted by Crippen LogP contribution is -2.44. The molecule has 8 nitrogen and oxygen atoms in total. The van der Waals surface area contributed by atoms with E-state index in [-0.39, 0.29) is 30.7 Å². The fourth-order valence-electron chi connectivity index (χ4n) is 3.34. The van der Waals surface area contributed by atoms with Crippen LogP contribution in [0.25, 0.3) is 10.9 Å². The number of aromatic nitrogens is 1. The van der Waals surface area contributed by atoms with Crippen LogP contribution in [0.3, 0.4) is 0 Å². The van der Waals surface area contributed by atoms with Crippen molar-refractivity contribution in [3.63, 3.8) is 0 Å². The number of nitrogens with one attached hydrogen (secondary N) is 3. The van der Waals surface area contributed by atoms with Gasteiger partial charge in [-0.1, -0.05) is 18.2 Å². The summed E-state index contributed by atoms with van der Waals surface area (Å²) in [5.41, 5.74) is 1.36. The number of benzene rings is 1. The summed E-state index contributed by atoms with van der Waals surface area (Å²) in [6.07, 6.45) is 1.53. The Bertz CT molecular complexity index is 889. The van der Waals surface area contributed by atoms with Gasteiger partial charge in [0.25, 0.3) is 5.91 Å². The number of hydrogen-bond acceptors (Lipinski definition) is 4. The van der Waals surface area contributed by atoms with Crippen molar-refractivity contribution in [2.24, 2.45) is 13.0 Å². The number of aryl methyl sites for hydroxylation is 1. The van der Waals surface area contributed by atoms with Crippen molar-refractivity contribution >= 4 is 34.9 Å². The van der Waals surface area contributed by atoms with E-state index in [1.165, 1.54) is 0 Å². The number of fused-ring (bicyclic) bond motifs is 1. The molecule has 1 aliphatic heterocycles. The third-order valence-electron chi connectivity index (χ3n) is 4.81. The maximum absolute atomic E-state index is 12.4. The fourth-order valence-corrected chi connectivity index (χ4v) is 3.34. The molecule has 2 unspecified atom stereocenters. The highest BCUT2D eigenvalue weighted by Crippen LogP contribution is 2.18. The van der Waals surface area contributed by atoms with Gasteiger partial charge in [0.2, 0.25) is 11.8 Å². The summed E-state index contributed by atoms with van der Waals surface area (Å²) in [6, 6.07) is 8.61. The number of aldehydes is 1. The molecule has 142 valence electrons. The van der Waals surface area contributed by atoms with Crippen LogP contribution in [0.5, 0.6) is 0 Å². The first-order valence-electron chi connectivity index (χ1n) is 8.84. The second-order valence-electron chi connectivity index (χ2n) is 6.65. The van der Waals surface area contributed by atoms with Crippen LogP contribution in [-0.2, 0) is 21.4 Å². The van der Waals surface area contributed by atoms with Crippen molar-refractivity contribution in [1.82, 2.24) is 20.5 Å². The zero-order valence-electron chi connectivity index (χ0n) is 15.0. The molecule has 3 N–H and O–H groups in total. The first-order chi connectivity index (χ1) is 13.0. The van der Waals surface area contributed by atoms with E-state index in [0.29, 0.717) is 24.9 Å². The van der Waals surface area contributed by atoms with Crippen LogP contribution in [0.1, 0.15) is 23.3 Å². The molecule has 2 aromatic rings. The quantitative estimate of drug-likeness (QED) is 0.601. The van der Waals surface area contributed by atoms with Crippen molar-refractivity contribution in [2.45, 2.75) is 18.9 Å². The molecule has 2 heterocycles. The number of para-hydroxylation sites is 1. The van der Waals surface area contributed by atoms with Crippen molar-refractivity contribution in [2.75, 3.05) is 13.1 Å². The van der Waals surface area contributed by atoms with Gasteiger partial charge >= 0.3 is 0 Å². The van der Waals surface area contributed by atoms with Crippen LogP contribution in [0, 0.1) is 5.92 Å². The van der Waals surface area contributed by atoms with E-state index in [2.05, 4.69) is 16.0 Å². The number of nitrogens with zero attached hydrogens (tertiary/aromatic N) is 1. The highest BCUT2D eigenvalue weighted by Gasteiger charge is 2.27. The standard InChI is InChI=1S/C19H22N4O4/c1-23-15-5-3-2-4-12(15)9-16(23)19(27)21-10-17(25)22-14(11-24)8-13-6-7-20-18(13)26/h2-5,9,11,13-14H,6-8,10H2,1H3,(H,20,26)(H,21,27)(H,22,25). The van der Waals surface area contributed by atoms with E-state index in [0.717, 1.165) is 10.9 Å². The topological polar surface area (TPSA) is 109 Å². The Morgan fingerprint density at radius 1 is 1.37 bits per heavy atom. The van der Waals surface area contributed by atoms with Crippen molar-refractivity contribution < 1.29 is 19.2 Å². The smallest absolute Gasteiger partial charge is 0.268 e. The summed E-state index contributed by atoms with van der Waals surface area (Å²) in [4.78, 5) is 47.2. The highest BCUT2D eigenvalue weighted by atomic mass is 16.2. The molecular weight excluding hydrogens is 348 g/mol. The van der Waals surface area contributed by atoms with E-state index >= 15 is 0 Å². The van der Waals surface area contributed by atoms with E-state index < -0.39 is 11.9 Å². The monoisotopic (exact) mass is 370 g/mol. The Morgan fingerprint density at radius 3 is 2.81 bits per heavy atom. The average molecular weight is 370 g/mol. The van der Waals surface area contributed by atoms with Crippen LogP contribution < -0.4 is 16.0 Å². The van der Waals surface area contributed by atoms with Gasteiger partial charge in [-0.25, -0.2) is 0 Å². The minimum Gasteiger partial charge on any atom is -0.356 e. The Balaban J connectivity index is 1.54. The first-order valence-corrected chi connectivity index (χ1v) is 8.84. The first kappa shape index (κ1) is 18.6. The number of carbonyl (C=O) groups excluding carboxylic acids is 4. The molecule has 1 saturated heterocycles. The zero-order chi connectivity index (χ0) is 19.4. The average Bonchev–Trinajstić information content (AvgIpc) is 3.22. The molecule has 0 saturated carbocycles. The molecule has 1 aromatic carbocycles. The van der Waals surface area contributed by atoms with Gasteiger partial charge in [-0.2, -0.15) is 0 Å². The second-order valence-corrected chi connectivity index (χ2v) is 6.65. The molecule has 0 bridgehead atoms. The Hall–Kier alpha value is -3.16. The SMILES string of the molecule is Cn1c(C(=O)NCC(=O)NC(C=O)CC2CCNC2=O)cc2ccccc21. The van der Waals surface area contributed by atoms with E-state index in [1.807, 2.05) is 24.3 Å². The van der Waals surface area contributed by atoms with Gasteiger partial charge in [0, 0.05) is 30.4 Å². The van der Waals surface area contributed by atoms with Gasteiger partial charge < -0.3 is 25.3 Å². The summed E-state index contributed by atoms with van der Waals surface area (Å²) >= 11 is 0. The van der Waals surface area contributed by atoms with Gasteiger partial charge in [-0.05, 0) is 25.0 Å². The maximum atomic E-state index is 12.4. The van der Waals surface area contributed by atoms with Gasteiger partial charge in [-0.15, -0.1) is 0 Å². The highest BCUT2D eigenvalue weighted by molar-refractivity contribution is 6.00. The van der Waals surface area contributed by atoms with Crippen molar-refractivity contribution in [3.05, 3.63) is 36.0 Å². The van der Waals surface area contributed by atoms with Crippen LogP contribution in [0.2, 0.25) is 0 Å². The summed E-state index contributed by atoms with van der Waals surface area (Å²) < 4.78 is 1.76. The van der Waals surface area contributed by atoms with Crippen LogP contribution in [0.15, 0.2) is 30.3 Å². The minimum atomic E-state index is -0.749. The van der Waals surface area contributed by atoms with Crippen molar-refractivity contribution in [1.29, 1.82) is 0 Å². The van der Waals surface area contributed by atoms with Gasteiger partial charge in [0.05, 0.1) is 12.6 Å². The third kappa shape index (κ3) is 4.16. The third-order valence-corrected chi connectivity index (χ3v) is 4.81. The predicted molar refractivity (Wildman–Crippen MR) is 99.0 cm³/mol. The lowest BCUT2D eigenvalue weighted by molar-refractivity contribution is -0.125. The molecule has 3 rings (SSSR count). The maximum Gasteiger partial charge on any atom is 0.268 e. The van der Waals surface area contributed by atoms with E-state index in [9.17, 15) is 19.2 Å². The lowest BCUT2D eigenvalue weighted by atomic mass is 9.99. The molecule has 2 atom stereocenters. The molecule has 1 fully saturated rings. The second kappa shape index (κ2) is 8.03. The normalized spacial score (nSPS) is 17.4.